The van der Waals surface area contributed by atoms with Crippen molar-refractivity contribution in [2.45, 2.75) is 24.7 Å². The molecule has 0 atom stereocenters. The van der Waals surface area contributed by atoms with Gasteiger partial charge in [-0.1, -0.05) is 12.1 Å². The third-order valence-corrected chi connectivity index (χ3v) is 5.73. The number of halogens is 1. The Hall–Kier alpha value is -2.45. The molecule has 0 heterocycles. The molecule has 2 aromatic rings. The van der Waals surface area contributed by atoms with Gasteiger partial charge < -0.3 is 10.1 Å². The summed E-state index contributed by atoms with van der Waals surface area (Å²) >= 11 is 0. The van der Waals surface area contributed by atoms with Crippen LogP contribution in [-0.2, 0) is 14.8 Å². The van der Waals surface area contributed by atoms with Crippen LogP contribution in [0.15, 0.2) is 53.4 Å². The minimum Gasteiger partial charge on any atom is -0.492 e. The summed E-state index contributed by atoms with van der Waals surface area (Å²) in [5, 5.41) is 2.77. The molecule has 0 bridgehead atoms. The molecule has 0 aromatic heterocycles. The zero-order valence-electron chi connectivity index (χ0n) is 15.3. The molecule has 0 radical (unpaired) electrons. The summed E-state index contributed by atoms with van der Waals surface area (Å²) in [6.07, 6.45) is 0.503. The van der Waals surface area contributed by atoms with Crippen molar-refractivity contribution in [2.75, 3.05) is 25.5 Å². The lowest BCUT2D eigenvalue weighted by Gasteiger charge is -2.17. The molecule has 0 spiro atoms. The first kappa shape index (κ1) is 20.9. The first-order valence-corrected chi connectivity index (χ1v) is 10.0. The van der Waals surface area contributed by atoms with E-state index in [1.165, 1.54) is 19.2 Å². The maximum atomic E-state index is 13.0. The normalized spacial score (nSPS) is 11.4. The summed E-state index contributed by atoms with van der Waals surface area (Å²) in [7, 11) is -2.28. The number of carbonyl (C=O) groups excluding carboxylic acids is 1. The maximum absolute atomic E-state index is 13.0. The van der Waals surface area contributed by atoms with Gasteiger partial charge in [0, 0.05) is 20.0 Å². The molecule has 1 amide bonds. The molecule has 8 heteroatoms. The van der Waals surface area contributed by atoms with Crippen molar-refractivity contribution in [2.24, 2.45) is 0 Å². The Morgan fingerprint density at radius 3 is 2.48 bits per heavy atom. The largest absolute Gasteiger partial charge is 0.492 e. The molecule has 1 N–H and O–H groups in total. The highest BCUT2D eigenvalue weighted by molar-refractivity contribution is 7.89. The Labute approximate surface area is 159 Å². The van der Waals surface area contributed by atoms with Crippen LogP contribution >= 0.6 is 0 Å². The van der Waals surface area contributed by atoms with E-state index >= 15 is 0 Å². The highest BCUT2D eigenvalue weighted by atomic mass is 32.2. The number of nitrogens with zero attached hydrogens (tertiary/aromatic N) is 1. The summed E-state index contributed by atoms with van der Waals surface area (Å²) < 4.78 is 44.4. The number of sulfonamides is 1. The average molecular weight is 394 g/mol. The first-order valence-electron chi connectivity index (χ1n) is 8.58. The van der Waals surface area contributed by atoms with Gasteiger partial charge >= 0.3 is 0 Å². The Bertz CT molecular complexity index is 870. The minimum absolute atomic E-state index is 0.0153. The van der Waals surface area contributed by atoms with E-state index in [0.29, 0.717) is 24.5 Å². The number of ether oxygens (including phenoxy) is 1. The van der Waals surface area contributed by atoms with Gasteiger partial charge in [-0.05, 0) is 49.7 Å². The van der Waals surface area contributed by atoms with Gasteiger partial charge in [-0.2, -0.15) is 0 Å². The van der Waals surface area contributed by atoms with Crippen LogP contribution in [0.4, 0.5) is 10.1 Å². The number of nitrogens with one attached hydrogen (secondary N) is 1. The number of carbonyl (C=O) groups is 1. The molecule has 0 aliphatic heterocycles. The SMILES string of the molecule is CCOc1ccccc1NC(=O)CCCN(C)S(=O)(=O)c1ccc(F)cc1. The molecule has 0 aliphatic rings. The van der Waals surface area contributed by atoms with Crippen molar-refractivity contribution in [1.29, 1.82) is 0 Å². The Balaban J connectivity index is 1.88. The Morgan fingerprint density at radius 2 is 1.81 bits per heavy atom. The van der Waals surface area contributed by atoms with Gasteiger partial charge in [0.15, 0.2) is 0 Å². The fourth-order valence-electron chi connectivity index (χ4n) is 2.43. The number of para-hydroxylation sites is 2. The highest BCUT2D eigenvalue weighted by Gasteiger charge is 2.20. The van der Waals surface area contributed by atoms with Crippen LogP contribution in [0, 0.1) is 5.82 Å². The highest BCUT2D eigenvalue weighted by Crippen LogP contribution is 2.24. The monoisotopic (exact) mass is 394 g/mol. The van der Waals surface area contributed by atoms with E-state index < -0.39 is 15.8 Å². The predicted octanol–water partition coefficient (Wildman–Crippen LogP) is 3.26. The zero-order chi connectivity index (χ0) is 19.9. The molecule has 2 aromatic carbocycles. The van der Waals surface area contributed by atoms with Crippen molar-refractivity contribution >= 4 is 21.6 Å². The summed E-state index contributed by atoms with van der Waals surface area (Å²) in [6.45, 7) is 2.51. The molecular weight excluding hydrogens is 371 g/mol. The molecule has 27 heavy (non-hydrogen) atoms. The predicted molar refractivity (Wildman–Crippen MR) is 102 cm³/mol. The van der Waals surface area contributed by atoms with Crippen LogP contribution in [0.2, 0.25) is 0 Å². The third kappa shape index (κ3) is 5.77. The number of hydrogen-bond donors (Lipinski definition) is 1. The topological polar surface area (TPSA) is 75.7 Å². The van der Waals surface area contributed by atoms with E-state index in [1.807, 2.05) is 13.0 Å². The van der Waals surface area contributed by atoms with E-state index in [4.69, 9.17) is 4.74 Å². The summed E-state index contributed by atoms with van der Waals surface area (Å²) in [5.74, 6) is -0.139. The molecule has 0 aliphatic carbocycles. The molecule has 146 valence electrons. The second kappa shape index (κ2) is 9.48. The van der Waals surface area contributed by atoms with Crippen LogP contribution in [-0.4, -0.2) is 38.8 Å². The zero-order valence-corrected chi connectivity index (χ0v) is 16.1. The number of benzene rings is 2. The number of amides is 1. The second-order valence-electron chi connectivity index (χ2n) is 5.86. The Morgan fingerprint density at radius 1 is 1.15 bits per heavy atom. The first-order chi connectivity index (χ1) is 12.8. The fourth-order valence-corrected chi connectivity index (χ4v) is 3.64. The van der Waals surface area contributed by atoms with E-state index in [9.17, 15) is 17.6 Å². The number of hydrogen-bond acceptors (Lipinski definition) is 4. The van der Waals surface area contributed by atoms with Crippen LogP contribution in [0.5, 0.6) is 5.75 Å². The van der Waals surface area contributed by atoms with Gasteiger partial charge in [0.2, 0.25) is 15.9 Å². The van der Waals surface area contributed by atoms with Gasteiger partial charge in [0.1, 0.15) is 11.6 Å². The van der Waals surface area contributed by atoms with Crippen LogP contribution in [0.3, 0.4) is 0 Å². The van der Waals surface area contributed by atoms with Crippen LogP contribution in [0.25, 0.3) is 0 Å². The molecule has 0 fully saturated rings. The molecule has 6 nitrogen and oxygen atoms in total. The molecule has 0 saturated carbocycles. The van der Waals surface area contributed by atoms with Gasteiger partial charge in [-0.25, -0.2) is 17.1 Å². The van der Waals surface area contributed by atoms with Gasteiger partial charge in [0.25, 0.3) is 0 Å². The van der Waals surface area contributed by atoms with Crippen molar-refractivity contribution < 1.29 is 22.3 Å². The fraction of sp³-hybridized carbons (Fsp3) is 0.316. The summed E-state index contributed by atoms with van der Waals surface area (Å²) in [6, 6.07) is 11.8. The number of rotatable bonds is 9. The Kier molecular flexibility index (Phi) is 7.32. The standard InChI is InChI=1S/C19H23FN2O4S/c1-3-26-18-8-5-4-7-17(18)21-19(23)9-6-14-22(2)27(24,25)16-12-10-15(20)11-13-16/h4-5,7-8,10-13H,3,6,9,14H2,1-2H3,(H,21,23). The van der Waals surface area contributed by atoms with Crippen LogP contribution in [0.1, 0.15) is 19.8 Å². The van der Waals surface area contributed by atoms with E-state index in [1.54, 1.807) is 18.2 Å². The lowest BCUT2D eigenvalue weighted by Crippen LogP contribution is -2.28. The molecule has 0 saturated heterocycles. The second-order valence-corrected chi connectivity index (χ2v) is 7.91. The van der Waals surface area contributed by atoms with E-state index in [0.717, 1.165) is 16.4 Å². The molecular formula is C19H23FN2O4S. The van der Waals surface area contributed by atoms with Crippen molar-refractivity contribution in [3.8, 4) is 5.75 Å². The minimum atomic E-state index is -3.71. The van der Waals surface area contributed by atoms with Crippen LogP contribution < -0.4 is 10.1 Å². The van der Waals surface area contributed by atoms with E-state index in [-0.39, 0.29) is 23.8 Å². The summed E-state index contributed by atoms with van der Waals surface area (Å²) in [4.78, 5) is 12.1. The van der Waals surface area contributed by atoms with Gasteiger partial charge in [0.05, 0.1) is 17.2 Å². The third-order valence-electron chi connectivity index (χ3n) is 3.86. The number of anilines is 1. The average Bonchev–Trinajstić information content (AvgIpc) is 2.64. The maximum Gasteiger partial charge on any atom is 0.242 e. The van der Waals surface area contributed by atoms with Crippen molar-refractivity contribution in [1.82, 2.24) is 4.31 Å². The molecule has 0 unspecified atom stereocenters. The van der Waals surface area contributed by atoms with Crippen molar-refractivity contribution in [3.63, 3.8) is 0 Å². The summed E-state index contributed by atoms with van der Waals surface area (Å²) in [5.41, 5.74) is 0.580. The lowest BCUT2D eigenvalue weighted by molar-refractivity contribution is -0.116. The quantitative estimate of drug-likeness (QED) is 0.708. The van der Waals surface area contributed by atoms with Gasteiger partial charge in [-0.15, -0.1) is 0 Å². The van der Waals surface area contributed by atoms with Crippen molar-refractivity contribution in [3.05, 3.63) is 54.3 Å². The molecule has 2 rings (SSSR count). The smallest absolute Gasteiger partial charge is 0.242 e. The lowest BCUT2D eigenvalue weighted by atomic mass is 10.2. The van der Waals surface area contributed by atoms with E-state index in [2.05, 4.69) is 5.32 Å². The van der Waals surface area contributed by atoms with Gasteiger partial charge in [-0.3, -0.25) is 4.79 Å².